The molecule has 6 aromatic rings. The SMILES string of the molecule is Clc1ccc2c(ccc3c(Cl)ncnc32)c1.O=P(Cl)(Cl)Cl.O=c1[nH]cnc2c1ccc1cc(Cl)ccc12. The number of H-pyrrole nitrogens is 1. The van der Waals surface area contributed by atoms with Gasteiger partial charge in [0, 0.05) is 26.2 Å². The quantitative estimate of drug-likeness (QED) is 0.102. The van der Waals surface area contributed by atoms with Gasteiger partial charge in [0.1, 0.15) is 11.5 Å². The van der Waals surface area contributed by atoms with Crippen molar-refractivity contribution in [3.05, 3.63) is 98.9 Å². The number of fused-ring (bicyclic) bond motifs is 6. The van der Waals surface area contributed by atoms with Crippen LogP contribution in [0.2, 0.25) is 15.2 Å². The predicted molar refractivity (Wildman–Crippen MR) is 157 cm³/mol. The molecule has 13 heteroatoms. The standard InChI is InChI=1S/C12H6Cl2N2.C12H7ClN2O.Cl3OP/c13-8-2-4-9-7(5-8)1-3-10-11(9)15-6-16-12(10)14;13-8-2-4-9-7(5-8)1-3-10-11(9)14-6-15-12(10)16;1-5(2,3)4/h1-6H;1-6H,(H,14,15,16);. The molecule has 188 valence electrons. The van der Waals surface area contributed by atoms with E-state index in [1.807, 2.05) is 48.5 Å². The van der Waals surface area contributed by atoms with Crippen LogP contribution in [0.5, 0.6) is 0 Å². The number of hydrogen-bond donors (Lipinski definition) is 1. The zero-order valence-corrected chi connectivity index (χ0v) is 23.7. The van der Waals surface area contributed by atoms with Crippen LogP contribution in [-0.2, 0) is 4.57 Å². The zero-order valence-electron chi connectivity index (χ0n) is 18.3. The Hall–Kier alpha value is -2.15. The van der Waals surface area contributed by atoms with Crippen molar-refractivity contribution in [1.82, 2.24) is 19.9 Å². The third-order valence-electron chi connectivity index (χ3n) is 5.12. The van der Waals surface area contributed by atoms with Crippen molar-refractivity contribution in [1.29, 1.82) is 0 Å². The van der Waals surface area contributed by atoms with Gasteiger partial charge in [-0.2, -0.15) is 0 Å². The van der Waals surface area contributed by atoms with Crippen LogP contribution < -0.4 is 5.56 Å². The summed E-state index contributed by atoms with van der Waals surface area (Å²) < 4.78 is 9.51. The van der Waals surface area contributed by atoms with Crippen LogP contribution in [0.25, 0.3) is 43.4 Å². The summed E-state index contributed by atoms with van der Waals surface area (Å²) in [5.74, 6) is 0. The number of aromatic amines is 1. The lowest BCUT2D eigenvalue weighted by atomic mass is 10.1. The number of hydrogen-bond acceptors (Lipinski definition) is 5. The summed E-state index contributed by atoms with van der Waals surface area (Å²) in [5, 5.41) is 4.11. The molecule has 2 heterocycles. The van der Waals surface area contributed by atoms with Crippen molar-refractivity contribution in [3.8, 4) is 0 Å². The molecule has 6 rings (SSSR count). The summed E-state index contributed by atoms with van der Waals surface area (Å²) in [6.07, 6.45) is 2.89. The van der Waals surface area contributed by atoms with Crippen LogP contribution in [0.3, 0.4) is 0 Å². The van der Waals surface area contributed by atoms with Crippen LogP contribution >= 0.6 is 73.7 Å². The summed E-state index contributed by atoms with van der Waals surface area (Å²) >= 11 is 31.7. The van der Waals surface area contributed by atoms with E-state index in [0.717, 1.165) is 32.4 Å². The monoisotopic (exact) mass is 630 g/mol. The minimum absolute atomic E-state index is 0.123. The van der Waals surface area contributed by atoms with Crippen molar-refractivity contribution in [3.63, 3.8) is 0 Å². The molecule has 0 spiro atoms. The lowest BCUT2D eigenvalue weighted by Gasteiger charge is -2.03. The molecule has 0 amide bonds. The second-order valence-corrected chi connectivity index (χ2v) is 15.3. The molecule has 0 aliphatic carbocycles. The molecule has 0 aliphatic rings. The van der Waals surface area contributed by atoms with E-state index in [4.69, 9.17) is 34.8 Å². The fraction of sp³-hybridized carbons (Fsp3) is 0. The predicted octanol–water partition coefficient (Wildman–Crippen LogP) is 9.63. The Morgan fingerprint density at radius 2 is 1.14 bits per heavy atom. The minimum Gasteiger partial charge on any atom is -0.313 e. The smallest absolute Gasteiger partial charge is 0.313 e. The Morgan fingerprint density at radius 3 is 1.70 bits per heavy atom. The van der Waals surface area contributed by atoms with Crippen LogP contribution in [-0.4, -0.2) is 19.9 Å². The third kappa shape index (κ3) is 7.04. The Bertz CT molecular complexity index is 1870. The molecule has 6 nitrogen and oxygen atoms in total. The maximum absolute atomic E-state index is 11.6. The number of rotatable bonds is 0. The van der Waals surface area contributed by atoms with Crippen LogP contribution in [0.1, 0.15) is 0 Å². The van der Waals surface area contributed by atoms with Crippen molar-refractivity contribution in [2.75, 3.05) is 0 Å². The summed E-state index contributed by atoms with van der Waals surface area (Å²) in [6.45, 7) is 0. The molecule has 1 N–H and O–H groups in total. The van der Waals surface area contributed by atoms with Gasteiger partial charge >= 0.3 is 5.20 Å². The highest BCUT2D eigenvalue weighted by molar-refractivity contribution is 8.24. The van der Waals surface area contributed by atoms with Gasteiger partial charge in [-0.25, -0.2) is 15.0 Å². The highest BCUT2D eigenvalue weighted by Crippen LogP contribution is 2.61. The van der Waals surface area contributed by atoms with E-state index in [1.54, 1.807) is 12.1 Å². The van der Waals surface area contributed by atoms with E-state index in [9.17, 15) is 9.36 Å². The molecule has 0 radical (unpaired) electrons. The molecule has 0 unspecified atom stereocenters. The van der Waals surface area contributed by atoms with Gasteiger partial charge in [0.15, 0.2) is 0 Å². The molecule has 0 saturated carbocycles. The normalized spacial score (nSPS) is 11.2. The lowest BCUT2D eigenvalue weighted by Crippen LogP contribution is -2.05. The van der Waals surface area contributed by atoms with Gasteiger partial charge < -0.3 is 4.98 Å². The first kappa shape index (κ1) is 27.9. The highest BCUT2D eigenvalue weighted by Gasteiger charge is 2.06. The van der Waals surface area contributed by atoms with Crippen molar-refractivity contribution in [2.45, 2.75) is 0 Å². The largest absolute Gasteiger partial charge is 0.339 e. The highest BCUT2D eigenvalue weighted by atomic mass is 36.0. The Kier molecular flexibility index (Phi) is 8.82. The summed E-state index contributed by atoms with van der Waals surface area (Å²) in [5.41, 5.74) is 1.44. The number of nitrogens with zero attached hydrogens (tertiary/aromatic N) is 3. The van der Waals surface area contributed by atoms with Gasteiger partial charge in [-0.1, -0.05) is 59.1 Å². The van der Waals surface area contributed by atoms with E-state index in [0.29, 0.717) is 26.1 Å². The Labute approximate surface area is 239 Å². The van der Waals surface area contributed by atoms with Crippen LogP contribution in [0, 0.1) is 0 Å². The number of halogens is 6. The number of aromatic nitrogens is 4. The maximum Gasteiger partial charge on any atom is 0.339 e. The minimum atomic E-state index is -3.22. The molecule has 4 aromatic carbocycles. The topological polar surface area (TPSA) is 88.6 Å². The fourth-order valence-electron chi connectivity index (χ4n) is 3.64. The third-order valence-corrected chi connectivity index (χ3v) is 5.89. The molecule has 0 saturated heterocycles. The van der Waals surface area contributed by atoms with E-state index in [1.165, 1.54) is 12.7 Å². The molecule has 0 aliphatic heterocycles. The molecule has 37 heavy (non-hydrogen) atoms. The van der Waals surface area contributed by atoms with Crippen molar-refractivity contribution < 1.29 is 4.57 Å². The van der Waals surface area contributed by atoms with Crippen molar-refractivity contribution >= 4 is 117 Å². The lowest BCUT2D eigenvalue weighted by molar-refractivity contribution is 0.600. The fourth-order valence-corrected chi connectivity index (χ4v) is 4.19. The maximum atomic E-state index is 11.6. The summed E-state index contributed by atoms with van der Waals surface area (Å²) in [4.78, 5) is 26.5. The first-order chi connectivity index (χ1) is 17.5. The van der Waals surface area contributed by atoms with E-state index >= 15 is 0 Å². The van der Waals surface area contributed by atoms with Crippen LogP contribution in [0.15, 0.2) is 78.1 Å². The van der Waals surface area contributed by atoms with Gasteiger partial charge in [0.05, 0.1) is 22.7 Å². The van der Waals surface area contributed by atoms with Gasteiger partial charge in [-0.15, -0.1) is 0 Å². The molecule has 0 fully saturated rings. The van der Waals surface area contributed by atoms with E-state index in [2.05, 4.69) is 53.7 Å². The first-order valence-corrected chi connectivity index (χ1v) is 15.8. The summed E-state index contributed by atoms with van der Waals surface area (Å²) in [7, 11) is 0. The average Bonchev–Trinajstić information content (AvgIpc) is 2.83. The van der Waals surface area contributed by atoms with Crippen molar-refractivity contribution in [2.24, 2.45) is 0 Å². The van der Waals surface area contributed by atoms with Gasteiger partial charge in [0.25, 0.3) is 5.56 Å². The zero-order chi connectivity index (χ0) is 26.7. The summed E-state index contributed by atoms with van der Waals surface area (Å²) in [6, 6.07) is 18.8. The van der Waals surface area contributed by atoms with E-state index in [-0.39, 0.29) is 5.56 Å². The second-order valence-electron chi connectivity index (χ2n) is 7.45. The van der Waals surface area contributed by atoms with E-state index < -0.39 is 5.20 Å². The Morgan fingerprint density at radius 1 is 0.649 bits per heavy atom. The molecular formula is C24H13Cl6N4O2P. The second kappa shape index (κ2) is 11.7. The average molecular weight is 633 g/mol. The molecule has 2 aromatic heterocycles. The van der Waals surface area contributed by atoms with Gasteiger partial charge in [0.2, 0.25) is 0 Å². The first-order valence-electron chi connectivity index (χ1n) is 10.2. The van der Waals surface area contributed by atoms with Crippen LogP contribution in [0.4, 0.5) is 0 Å². The van der Waals surface area contributed by atoms with Gasteiger partial charge in [-0.05, 0) is 80.9 Å². The molecule has 0 bridgehead atoms. The number of benzene rings is 4. The number of nitrogens with one attached hydrogen (secondary N) is 1. The molecular weight excluding hydrogens is 620 g/mol. The van der Waals surface area contributed by atoms with Gasteiger partial charge in [-0.3, -0.25) is 9.36 Å². The molecule has 0 atom stereocenters. The Balaban J connectivity index is 0.000000147.